The summed E-state index contributed by atoms with van der Waals surface area (Å²) < 4.78 is 13.1. The number of rotatable bonds is 2. The van der Waals surface area contributed by atoms with Gasteiger partial charge in [-0.3, -0.25) is 5.41 Å². The van der Waals surface area contributed by atoms with E-state index in [1.807, 2.05) is 6.07 Å². The van der Waals surface area contributed by atoms with Crippen LogP contribution >= 0.6 is 0 Å². The first-order valence-corrected chi connectivity index (χ1v) is 6.86. The van der Waals surface area contributed by atoms with Gasteiger partial charge in [0.2, 0.25) is 0 Å². The Labute approximate surface area is 131 Å². The highest BCUT2D eigenvalue weighted by Crippen LogP contribution is 2.32. The van der Waals surface area contributed by atoms with Crippen molar-refractivity contribution < 1.29 is 9.50 Å². The van der Waals surface area contributed by atoms with Gasteiger partial charge in [-0.25, -0.2) is 4.39 Å². The fraction of sp³-hybridized carbons (Fsp3) is 0. The van der Waals surface area contributed by atoms with E-state index in [2.05, 4.69) is 4.98 Å². The highest BCUT2D eigenvalue weighted by atomic mass is 19.1. The van der Waals surface area contributed by atoms with Crippen molar-refractivity contribution in [1.29, 1.82) is 10.7 Å². The first kappa shape index (κ1) is 14.5. The van der Waals surface area contributed by atoms with Crippen molar-refractivity contribution in [2.24, 2.45) is 0 Å². The van der Waals surface area contributed by atoms with E-state index in [0.29, 0.717) is 22.4 Å². The summed E-state index contributed by atoms with van der Waals surface area (Å²) in [7, 11) is 0. The molecular weight excluding hydrogens is 293 g/mol. The molecule has 4 nitrogen and oxygen atoms in total. The Hall–Kier alpha value is -3.39. The fourth-order valence-corrected chi connectivity index (χ4v) is 2.40. The minimum absolute atomic E-state index is 0.0275. The third-order valence-electron chi connectivity index (χ3n) is 3.53. The Morgan fingerprint density at radius 1 is 1.04 bits per heavy atom. The Balaban J connectivity index is 2.27. The molecule has 0 saturated heterocycles. The zero-order valence-corrected chi connectivity index (χ0v) is 12.0. The number of pyridine rings is 1. The second-order valence-corrected chi connectivity index (χ2v) is 4.98. The molecule has 0 bridgehead atoms. The summed E-state index contributed by atoms with van der Waals surface area (Å²) in [5.41, 5.74) is 2.24. The van der Waals surface area contributed by atoms with Crippen LogP contribution in [0.3, 0.4) is 0 Å². The molecule has 1 heterocycles. The van der Waals surface area contributed by atoms with E-state index in [0.717, 1.165) is 0 Å². The monoisotopic (exact) mass is 305 g/mol. The third kappa shape index (κ3) is 2.70. The molecule has 1 aromatic heterocycles. The molecule has 3 rings (SSSR count). The van der Waals surface area contributed by atoms with Crippen LogP contribution in [0.15, 0.2) is 54.6 Å². The van der Waals surface area contributed by atoms with E-state index in [-0.39, 0.29) is 22.6 Å². The molecule has 0 amide bonds. The molecule has 3 N–H and O–H groups in total. The van der Waals surface area contributed by atoms with Crippen molar-refractivity contribution in [2.75, 3.05) is 0 Å². The van der Waals surface area contributed by atoms with Gasteiger partial charge in [-0.15, -0.1) is 0 Å². The lowest BCUT2D eigenvalue weighted by Crippen LogP contribution is -2.13. The molecule has 0 atom stereocenters. The van der Waals surface area contributed by atoms with Gasteiger partial charge in [0, 0.05) is 16.8 Å². The summed E-state index contributed by atoms with van der Waals surface area (Å²) in [4.78, 5) is 2.83. The maximum Gasteiger partial charge on any atom is 0.141 e. The number of para-hydroxylation sites is 1. The number of aromatic amines is 1. The summed E-state index contributed by atoms with van der Waals surface area (Å²) in [6, 6.07) is 16.1. The molecule has 2 aromatic carbocycles. The molecule has 0 fully saturated rings. The number of H-pyrrole nitrogens is 1. The number of hydrogen-bond acceptors (Lipinski definition) is 3. The molecule has 3 aromatic rings. The molecule has 0 spiro atoms. The smallest absolute Gasteiger partial charge is 0.141 e. The fourth-order valence-electron chi connectivity index (χ4n) is 2.40. The van der Waals surface area contributed by atoms with Crippen LogP contribution in [0.4, 0.5) is 4.39 Å². The van der Waals surface area contributed by atoms with Crippen molar-refractivity contribution >= 4 is 0 Å². The number of aromatic nitrogens is 1. The zero-order chi connectivity index (χ0) is 16.4. The Bertz CT molecular complexity index is 969. The lowest BCUT2D eigenvalue weighted by atomic mass is 9.98. The van der Waals surface area contributed by atoms with Crippen LogP contribution in [-0.2, 0) is 0 Å². The van der Waals surface area contributed by atoms with E-state index in [1.54, 1.807) is 36.4 Å². The largest absolute Gasteiger partial charge is 0.507 e. The first-order valence-electron chi connectivity index (χ1n) is 6.86. The summed E-state index contributed by atoms with van der Waals surface area (Å²) in [5, 5.41) is 27.4. The molecule has 0 radical (unpaired) electrons. The van der Waals surface area contributed by atoms with Crippen molar-refractivity contribution in [3.63, 3.8) is 0 Å². The summed E-state index contributed by atoms with van der Waals surface area (Å²) in [6.45, 7) is 0. The number of nitrogens with zero attached hydrogens (tertiary/aromatic N) is 1. The third-order valence-corrected chi connectivity index (χ3v) is 3.53. The van der Waals surface area contributed by atoms with Gasteiger partial charge >= 0.3 is 0 Å². The molecule has 5 heteroatoms. The quantitative estimate of drug-likeness (QED) is 0.676. The molecule has 0 aliphatic rings. The van der Waals surface area contributed by atoms with Crippen LogP contribution in [0, 0.1) is 22.6 Å². The predicted molar refractivity (Wildman–Crippen MR) is 83.9 cm³/mol. The number of halogens is 1. The van der Waals surface area contributed by atoms with Gasteiger partial charge in [0.15, 0.2) is 0 Å². The first-order chi connectivity index (χ1) is 11.1. The van der Waals surface area contributed by atoms with Crippen LogP contribution < -0.4 is 5.49 Å². The Morgan fingerprint density at radius 2 is 1.74 bits per heavy atom. The number of nitriles is 1. The van der Waals surface area contributed by atoms with Gasteiger partial charge in [0.1, 0.15) is 28.7 Å². The van der Waals surface area contributed by atoms with Gasteiger partial charge < -0.3 is 10.1 Å². The summed E-state index contributed by atoms with van der Waals surface area (Å²) in [5.74, 6) is -0.325. The highest BCUT2D eigenvalue weighted by molar-refractivity contribution is 5.78. The Morgan fingerprint density at radius 3 is 2.39 bits per heavy atom. The number of hydrogen-bond donors (Lipinski definition) is 3. The van der Waals surface area contributed by atoms with Crippen molar-refractivity contribution in [2.45, 2.75) is 0 Å². The minimum Gasteiger partial charge on any atom is -0.507 e. The Kier molecular flexibility index (Phi) is 3.65. The molecule has 0 aliphatic carbocycles. The number of benzene rings is 2. The van der Waals surface area contributed by atoms with E-state index < -0.39 is 0 Å². The second kappa shape index (κ2) is 5.78. The van der Waals surface area contributed by atoms with Crippen molar-refractivity contribution in [3.8, 4) is 34.2 Å². The maximum atomic E-state index is 13.1. The molecule has 23 heavy (non-hydrogen) atoms. The van der Waals surface area contributed by atoms with Crippen LogP contribution in [0.1, 0.15) is 5.56 Å². The SMILES string of the molecule is N#Cc1c(-c2ccccc2O)cc(-c2ccc(F)cc2)[nH]c1=N. The number of phenols is 1. The van der Waals surface area contributed by atoms with Crippen LogP contribution in [0.25, 0.3) is 22.4 Å². The van der Waals surface area contributed by atoms with Crippen molar-refractivity contribution in [3.05, 3.63) is 71.5 Å². The summed E-state index contributed by atoms with van der Waals surface area (Å²) >= 11 is 0. The normalized spacial score (nSPS) is 10.3. The van der Waals surface area contributed by atoms with Crippen molar-refractivity contribution in [1.82, 2.24) is 4.98 Å². The van der Waals surface area contributed by atoms with Gasteiger partial charge in [-0.05, 0) is 42.0 Å². The van der Waals surface area contributed by atoms with Gasteiger partial charge in [-0.2, -0.15) is 5.26 Å². The summed E-state index contributed by atoms with van der Waals surface area (Å²) in [6.07, 6.45) is 0. The standard InChI is InChI=1S/C18H12FN3O/c19-12-7-5-11(6-8-12)16-9-14(15(10-20)18(21)22-16)13-3-1-2-4-17(13)23/h1-9,23H,(H2,21,22). The van der Waals surface area contributed by atoms with Crippen LogP contribution in [0.2, 0.25) is 0 Å². The van der Waals surface area contributed by atoms with Gasteiger partial charge in [0.25, 0.3) is 0 Å². The van der Waals surface area contributed by atoms with E-state index in [1.165, 1.54) is 18.2 Å². The number of phenolic OH excluding ortho intramolecular Hbond substituents is 1. The molecule has 0 aliphatic heterocycles. The highest BCUT2D eigenvalue weighted by Gasteiger charge is 2.13. The van der Waals surface area contributed by atoms with E-state index >= 15 is 0 Å². The van der Waals surface area contributed by atoms with Gasteiger partial charge in [-0.1, -0.05) is 18.2 Å². The predicted octanol–water partition coefficient (Wildman–Crippen LogP) is 3.54. The molecule has 0 unspecified atom stereocenters. The topological polar surface area (TPSA) is 83.7 Å². The molecule has 112 valence electrons. The van der Waals surface area contributed by atoms with Crippen LogP contribution in [0.5, 0.6) is 5.75 Å². The second-order valence-electron chi connectivity index (χ2n) is 4.98. The van der Waals surface area contributed by atoms with Crippen LogP contribution in [-0.4, -0.2) is 10.1 Å². The minimum atomic E-state index is -0.352. The maximum absolute atomic E-state index is 13.1. The average molecular weight is 305 g/mol. The van der Waals surface area contributed by atoms with E-state index in [9.17, 15) is 14.8 Å². The molecular formula is C18H12FN3O. The molecule has 0 saturated carbocycles. The lowest BCUT2D eigenvalue weighted by Gasteiger charge is -2.10. The van der Waals surface area contributed by atoms with Gasteiger partial charge in [0.05, 0.1) is 0 Å². The number of aromatic hydroxyl groups is 1. The number of nitrogens with one attached hydrogen (secondary N) is 2. The van der Waals surface area contributed by atoms with E-state index in [4.69, 9.17) is 5.41 Å². The zero-order valence-electron chi connectivity index (χ0n) is 12.0. The average Bonchev–Trinajstić information content (AvgIpc) is 2.55. The lowest BCUT2D eigenvalue weighted by molar-refractivity contribution is 0.477.